The Labute approximate surface area is 95.9 Å². The van der Waals surface area contributed by atoms with Crippen molar-refractivity contribution in [3.8, 4) is 0 Å². The summed E-state index contributed by atoms with van der Waals surface area (Å²) in [4.78, 5) is 0. The molecule has 0 aliphatic rings. The van der Waals surface area contributed by atoms with E-state index in [0.717, 1.165) is 5.92 Å². The fourth-order valence-electron chi connectivity index (χ4n) is 2.02. The van der Waals surface area contributed by atoms with Crippen LogP contribution in [-0.2, 0) is 0 Å². The Morgan fingerprint density at radius 3 is 2.33 bits per heavy atom. The second-order valence-corrected chi connectivity index (χ2v) is 6.86. The lowest BCUT2D eigenvalue weighted by Crippen LogP contribution is -2.09. The van der Waals surface area contributed by atoms with E-state index in [9.17, 15) is 0 Å². The molecule has 84 valence electrons. The van der Waals surface area contributed by atoms with Gasteiger partial charge in [-0.3, -0.25) is 0 Å². The molecule has 1 heteroatoms. The van der Waals surface area contributed by atoms with Crippen LogP contribution in [0.4, 0.5) is 0 Å². The molecule has 0 amide bonds. The summed E-state index contributed by atoms with van der Waals surface area (Å²) in [6.45, 7) is 7.02. The summed E-state index contributed by atoms with van der Waals surface area (Å²) in [5.41, 5.74) is 0. The van der Waals surface area contributed by atoms with E-state index in [-0.39, 0.29) is 7.92 Å². The third-order valence-corrected chi connectivity index (χ3v) is 5.67. The lowest BCUT2D eigenvalue weighted by molar-refractivity contribution is 0.582. The number of rotatable bonds is 6. The van der Waals surface area contributed by atoms with E-state index >= 15 is 0 Å². The van der Waals surface area contributed by atoms with Gasteiger partial charge in [0.1, 0.15) is 0 Å². The highest BCUT2D eigenvalue weighted by Gasteiger charge is 2.11. The van der Waals surface area contributed by atoms with Gasteiger partial charge in [-0.25, -0.2) is 0 Å². The van der Waals surface area contributed by atoms with Crippen LogP contribution in [-0.4, -0.2) is 12.3 Å². The molecule has 1 rings (SSSR count). The van der Waals surface area contributed by atoms with Gasteiger partial charge in [0, 0.05) is 0 Å². The first-order valence-corrected chi connectivity index (χ1v) is 7.79. The molecule has 1 aromatic carbocycles. The highest BCUT2D eigenvalue weighted by Crippen LogP contribution is 2.36. The zero-order valence-corrected chi connectivity index (χ0v) is 11.1. The van der Waals surface area contributed by atoms with Gasteiger partial charge in [0.15, 0.2) is 0 Å². The zero-order valence-electron chi connectivity index (χ0n) is 10.2. The maximum Gasteiger partial charge on any atom is -0.0240 e. The molecular formula is C14H23P. The number of benzene rings is 1. The van der Waals surface area contributed by atoms with Crippen molar-refractivity contribution in [1.29, 1.82) is 0 Å². The van der Waals surface area contributed by atoms with Crippen LogP contribution < -0.4 is 5.30 Å². The Morgan fingerprint density at radius 2 is 1.80 bits per heavy atom. The summed E-state index contributed by atoms with van der Waals surface area (Å²) in [5, 5.41) is 1.58. The first kappa shape index (κ1) is 12.7. The predicted octanol–water partition coefficient (Wildman–Crippen LogP) is 4.25. The van der Waals surface area contributed by atoms with Crippen molar-refractivity contribution >= 4 is 13.2 Å². The first-order valence-electron chi connectivity index (χ1n) is 6.07. The highest BCUT2D eigenvalue weighted by atomic mass is 31.1. The fraction of sp³-hybridized carbons (Fsp3) is 0.571. The average Bonchev–Trinajstić information content (AvgIpc) is 2.27. The third kappa shape index (κ3) is 4.34. The van der Waals surface area contributed by atoms with Gasteiger partial charge in [-0.2, -0.15) is 0 Å². The molecule has 0 aliphatic heterocycles. The molecule has 0 nitrogen and oxygen atoms in total. The Bertz CT molecular complexity index is 255. The predicted molar refractivity (Wildman–Crippen MR) is 72.5 cm³/mol. The van der Waals surface area contributed by atoms with Gasteiger partial charge in [0.2, 0.25) is 0 Å². The first-order chi connectivity index (χ1) is 7.27. The molecule has 0 aliphatic carbocycles. The third-order valence-electron chi connectivity index (χ3n) is 2.82. The minimum absolute atomic E-state index is 0.0955. The van der Waals surface area contributed by atoms with Crippen molar-refractivity contribution in [2.75, 3.05) is 12.3 Å². The van der Waals surface area contributed by atoms with Gasteiger partial charge in [-0.15, -0.1) is 0 Å². The number of hydrogen-bond donors (Lipinski definition) is 0. The maximum atomic E-state index is 2.40. The van der Waals surface area contributed by atoms with Gasteiger partial charge in [-0.05, 0) is 23.5 Å². The molecule has 2 atom stereocenters. The lowest BCUT2D eigenvalue weighted by atomic mass is 10.1. The summed E-state index contributed by atoms with van der Waals surface area (Å²) in [5.74, 6) is 0.890. The Hall–Kier alpha value is -0.350. The average molecular weight is 222 g/mol. The van der Waals surface area contributed by atoms with Crippen molar-refractivity contribution in [3.05, 3.63) is 30.3 Å². The molecule has 2 unspecified atom stereocenters. The topological polar surface area (TPSA) is 0 Å². The lowest BCUT2D eigenvalue weighted by Gasteiger charge is -2.20. The van der Waals surface area contributed by atoms with E-state index in [4.69, 9.17) is 0 Å². The van der Waals surface area contributed by atoms with Crippen molar-refractivity contribution in [2.45, 2.75) is 33.6 Å². The van der Waals surface area contributed by atoms with Crippen molar-refractivity contribution < 1.29 is 0 Å². The van der Waals surface area contributed by atoms with Gasteiger partial charge < -0.3 is 0 Å². The maximum absolute atomic E-state index is 2.40. The summed E-state index contributed by atoms with van der Waals surface area (Å²) < 4.78 is 0. The van der Waals surface area contributed by atoms with E-state index in [1.165, 1.54) is 25.2 Å². The standard InChI is InChI=1S/C14H23P/c1-4-9-13(3)12-15(5-2)14-10-7-6-8-11-14/h6-8,10-11,13H,4-5,9,12H2,1-3H3. The molecule has 0 saturated heterocycles. The van der Waals surface area contributed by atoms with Crippen LogP contribution in [0, 0.1) is 5.92 Å². The summed E-state index contributed by atoms with van der Waals surface area (Å²) in [6, 6.07) is 11.1. The normalized spacial score (nSPS) is 14.9. The molecule has 0 fully saturated rings. The second-order valence-electron chi connectivity index (χ2n) is 4.27. The van der Waals surface area contributed by atoms with Gasteiger partial charge in [0.25, 0.3) is 0 Å². The molecule has 0 radical (unpaired) electrons. The Balaban J connectivity index is 2.56. The van der Waals surface area contributed by atoms with Crippen LogP contribution in [0.15, 0.2) is 30.3 Å². The zero-order chi connectivity index (χ0) is 11.1. The second kappa shape index (κ2) is 7.01. The quantitative estimate of drug-likeness (QED) is 0.631. The van der Waals surface area contributed by atoms with Crippen molar-refractivity contribution in [3.63, 3.8) is 0 Å². The highest BCUT2D eigenvalue weighted by molar-refractivity contribution is 7.65. The van der Waals surface area contributed by atoms with Gasteiger partial charge >= 0.3 is 0 Å². The molecule has 0 heterocycles. The monoisotopic (exact) mass is 222 g/mol. The minimum Gasteiger partial charge on any atom is -0.0753 e. The summed E-state index contributed by atoms with van der Waals surface area (Å²) in [6.07, 6.45) is 5.44. The minimum atomic E-state index is 0.0955. The van der Waals surface area contributed by atoms with Crippen LogP contribution >= 0.6 is 7.92 Å². The summed E-state index contributed by atoms with van der Waals surface area (Å²) >= 11 is 0. The van der Waals surface area contributed by atoms with E-state index in [0.29, 0.717) is 0 Å². The Kier molecular flexibility index (Phi) is 5.95. The van der Waals surface area contributed by atoms with E-state index in [2.05, 4.69) is 51.1 Å². The molecule has 0 spiro atoms. The van der Waals surface area contributed by atoms with E-state index < -0.39 is 0 Å². The molecule has 0 bridgehead atoms. The van der Waals surface area contributed by atoms with E-state index in [1.807, 2.05) is 0 Å². The van der Waals surface area contributed by atoms with Crippen molar-refractivity contribution in [1.82, 2.24) is 0 Å². The van der Waals surface area contributed by atoms with E-state index in [1.54, 1.807) is 5.30 Å². The molecule has 0 aromatic heterocycles. The van der Waals surface area contributed by atoms with Crippen LogP contribution in [0.2, 0.25) is 0 Å². The Morgan fingerprint density at radius 1 is 1.13 bits per heavy atom. The van der Waals surface area contributed by atoms with Crippen LogP contribution in [0.25, 0.3) is 0 Å². The number of hydrogen-bond acceptors (Lipinski definition) is 0. The molecule has 1 aromatic rings. The largest absolute Gasteiger partial charge is 0.0753 e. The van der Waals surface area contributed by atoms with Crippen LogP contribution in [0.1, 0.15) is 33.6 Å². The molecule has 0 saturated carbocycles. The molecule has 0 N–H and O–H groups in total. The van der Waals surface area contributed by atoms with Crippen molar-refractivity contribution in [2.24, 2.45) is 5.92 Å². The van der Waals surface area contributed by atoms with Gasteiger partial charge in [-0.1, -0.05) is 71.9 Å². The van der Waals surface area contributed by atoms with Crippen LogP contribution in [0.5, 0.6) is 0 Å². The van der Waals surface area contributed by atoms with Gasteiger partial charge in [0.05, 0.1) is 0 Å². The smallest absolute Gasteiger partial charge is 0.0240 e. The molecular weight excluding hydrogens is 199 g/mol. The summed E-state index contributed by atoms with van der Waals surface area (Å²) in [7, 11) is 0.0955. The molecule has 15 heavy (non-hydrogen) atoms. The fourth-order valence-corrected chi connectivity index (χ4v) is 4.38. The van der Waals surface area contributed by atoms with Crippen LogP contribution in [0.3, 0.4) is 0 Å². The SMILES string of the molecule is CCCC(C)CP(CC)c1ccccc1.